The lowest BCUT2D eigenvalue weighted by Gasteiger charge is -2.11. The Labute approximate surface area is 161 Å². The van der Waals surface area contributed by atoms with Crippen LogP contribution in [-0.4, -0.2) is 39.3 Å². The molecule has 0 saturated heterocycles. The average Bonchev–Trinajstić information content (AvgIpc) is 3.12. The van der Waals surface area contributed by atoms with Crippen LogP contribution in [0, 0.1) is 0 Å². The number of hydrogen-bond donors (Lipinski definition) is 2. The second kappa shape index (κ2) is 7.67. The molecular formula is C19H19ClN2O5. The largest absolute Gasteiger partial charge is 0.496 e. The van der Waals surface area contributed by atoms with Gasteiger partial charge in [0.05, 0.1) is 39.0 Å². The topological polar surface area (TPSA) is 81.8 Å². The Morgan fingerprint density at radius 2 is 1.63 bits per heavy atom. The van der Waals surface area contributed by atoms with E-state index < -0.39 is 0 Å². The number of methoxy groups -OCH3 is 4. The summed E-state index contributed by atoms with van der Waals surface area (Å²) in [6, 6.07) is 8.40. The highest BCUT2D eigenvalue weighted by Gasteiger charge is 2.19. The Hall–Kier alpha value is -3.06. The number of aromatic nitrogens is 1. The normalized spacial score (nSPS) is 10.6. The predicted octanol–water partition coefficient (Wildman–Crippen LogP) is 4.11. The van der Waals surface area contributed by atoms with Gasteiger partial charge in [0, 0.05) is 17.1 Å². The molecule has 0 aliphatic rings. The van der Waals surface area contributed by atoms with Crippen molar-refractivity contribution in [1.29, 1.82) is 0 Å². The first-order valence-corrected chi connectivity index (χ1v) is 8.36. The molecule has 7 nitrogen and oxygen atoms in total. The van der Waals surface area contributed by atoms with Crippen molar-refractivity contribution >= 4 is 34.1 Å². The third-order valence-corrected chi connectivity index (χ3v) is 4.39. The van der Waals surface area contributed by atoms with Crippen LogP contribution in [0.3, 0.4) is 0 Å². The molecule has 0 bridgehead atoms. The maximum absolute atomic E-state index is 12.7. The van der Waals surface area contributed by atoms with Gasteiger partial charge in [0.1, 0.15) is 17.2 Å². The molecule has 0 aliphatic carbocycles. The molecule has 3 rings (SSSR count). The summed E-state index contributed by atoms with van der Waals surface area (Å²) in [6.45, 7) is 0. The van der Waals surface area contributed by atoms with Gasteiger partial charge < -0.3 is 29.2 Å². The van der Waals surface area contributed by atoms with Crippen LogP contribution in [0.25, 0.3) is 10.9 Å². The number of anilines is 1. The number of nitrogens with one attached hydrogen (secondary N) is 2. The molecule has 1 aromatic heterocycles. The van der Waals surface area contributed by atoms with Crippen LogP contribution in [-0.2, 0) is 0 Å². The number of hydrogen-bond acceptors (Lipinski definition) is 5. The number of aromatic amines is 1. The lowest BCUT2D eigenvalue weighted by atomic mass is 10.2. The third kappa shape index (κ3) is 3.46. The monoisotopic (exact) mass is 390 g/mol. The van der Waals surface area contributed by atoms with E-state index in [1.807, 2.05) is 0 Å². The van der Waals surface area contributed by atoms with E-state index in [2.05, 4.69) is 10.3 Å². The minimum absolute atomic E-state index is 0.335. The Morgan fingerprint density at radius 3 is 2.22 bits per heavy atom. The van der Waals surface area contributed by atoms with Gasteiger partial charge in [-0.15, -0.1) is 0 Å². The summed E-state index contributed by atoms with van der Waals surface area (Å²) in [5.74, 6) is 1.74. The van der Waals surface area contributed by atoms with Crippen LogP contribution in [0.2, 0.25) is 5.02 Å². The molecule has 27 heavy (non-hydrogen) atoms. The Kier molecular flexibility index (Phi) is 5.32. The molecule has 0 unspecified atom stereocenters. The highest BCUT2D eigenvalue weighted by molar-refractivity contribution is 6.32. The summed E-state index contributed by atoms with van der Waals surface area (Å²) in [4.78, 5) is 15.7. The molecule has 142 valence electrons. The molecule has 1 amide bonds. The minimum atomic E-state index is -0.337. The number of fused-ring (bicyclic) bond motifs is 1. The van der Waals surface area contributed by atoms with Gasteiger partial charge in [-0.1, -0.05) is 11.6 Å². The molecule has 0 fully saturated rings. The fourth-order valence-electron chi connectivity index (χ4n) is 2.80. The minimum Gasteiger partial charge on any atom is -0.496 e. The number of H-pyrrole nitrogens is 1. The quantitative estimate of drug-likeness (QED) is 0.662. The zero-order chi connectivity index (χ0) is 19.6. The van der Waals surface area contributed by atoms with Gasteiger partial charge in [-0.25, -0.2) is 0 Å². The first-order valence-electron chi connectivity index (χ1n) is 7.99. The van der Waals surface area contributed by atoms with E-state index in [1.165, 1.54) is 21.3 Å². The van der Waals surface area contributed by atoms with Crippen molar-refractivity contribution in [2.75, 3.05) is 33.8 Å². The number of rotatable bonds is 6. The highest BCUT2D eigenvalue weighted by Crippen LogP contribution is 2.41. The van der Waals surface area contributed by atoms with E-state index in [0.29, 0.717) is 50.3 Å². The lowest BCUT2D eigenvalue weighted by Crippen LogP contribution is -2.12. The van der Waals surface area contributed by atoms with E-state index in [4.69, 9.17) is 30.5 Å². The molecule has 3 aromatic rings. The highest BCUT2D eigenvalue weighted by atomic mass is 35.5. The summed E-state index contributed by atoms with van der Waals surface area (Å²) < 4.78 is 21.3. The van der Waals surface area contributed by atoms with Gasteiger partial charge in [-0.3, -0.25) is 4.79 Å². The van der Waals surface area contributed by atoms with Crippen LogP contribution in [0.1, 0.15) is 10.5 Å². The molecule has 1 heterocycles. The Bertz CT molecular complexity index is 999. The average molecular weight is 391 g/mol. The molecule has 8 heteroatoms. The second-order valence-corrected chi connectivity index (χ2v) is 6.00. The van der Waals surface area contributed by atoms with E-state index in [-0.39, 0.29) is 5.91 Å². The molecule has 2 N–H and O–H groups in total. The predicted molar refractivity (Wildman–Crippen MR) is 104 cm³/mol. The zero-order valence-electron chi connectivity index (χ0n) is 15.3. The summed E-state index contributed by atoms with van der Waals surface area (Å²) in [7, 11) is 6.14. The SMILES string of the molecule is COc1ccc(NC(=O)c2cc3c(OC)cc(OC)c(OC)c3[nH]2)cc1Cl. The second-order valence-electron chi connectivity index (χ2n) is 5.59. The third-order valence-electron chi connectivity index (χ3n) is 4.09. The number of ether oxygens (including phenoxy) is 4. The van der Waals surface area contributed by atoms with Crippen molar-refractivity contribution in [3.63, 3.8) is 0 Å². The number of carbonyl (C=O) groups excluding carboxylic acids is 1. The Morgan fingerprint density at radius 1 is 0.926 bits per heavy atom. The number of carbonyl (C=O) groups is 1. The number of amides is 1. The van der Waals surface area contributed by atoms with E-state index in [1.54, 1.807) is 37.4 Å². The zero-order valence-corrected chi connectivity index (χ0v) is 16.1. The number of benzene rings is 2. The van der Waals surface area contributed by atoms with Gasteiger partial charge in [-0.2, -0.15) is 0 Å². The van der Waals surface area contributed by atoms with Crippen molar-refractivity contribution < 1.29 is 23.7 Å². The van der Waals surface area contributed by atoms with Crippen molar-refractivity contribution in [2.24, 2.45) is 0 Å². The first kappa shape index (κ1) is 18.7. The summed E-state index contributed by atoms with van der Waals surface area (Å²) in [5, 5.41) is 3.90. The van der Waals surface area contributed by atoms with E-state index in [0.717, 1.165) is 0 Å². The maximum Gasteiger partial charge on any atom is 0.272 e. The van der Waals surface area contributed by atoms with Crippen molar-refractivity contribution in [1.82, 2.24) is 4.98 Å². The molecular weight excluding hydrogens is 372 g/mol. The molecule has 0 saturated carbocycles. The van der Waals surface area contributed by atoms with Gasteiger partial charge in [-0.05, 0) is 24.3 Å². The van der Waals surface area contributed by atoms with Gasteiger partial charge in [0.25, 0.3) is 5.91 Å². The molecule has 2 aromatic carbocycles. The van der Waals surface area contributed by atoms with Crippen molar-refractivity contribution in [2.45, 2.75) is 0 Å². The molecule has 0 spiro atoms. The lowest BCUT2D eigenvalue weighted by molar-refractivity contribution is 0.102. The summed E-state index contributed by atoms with van der Waals surface area (Å²) >= 11 is 6.10. The van der Waals surface area contributed by atoms with Crippen molar-refractivity contribution in [3.8, 4) is 23.0 Å². The fourth-order valence-corrected chi connectivity index (χ4v) is 3.06. The molecule has 0 aliphatic heterocycles. The van der Waals surface area contributed by atoms with Gasteiger partial charge in [0.2, 0.25) is 0 Å². The van der Waals surface area contributed by atoms with Crippen LogP contribution in [0.5, 0.6) is 23.0 Å². The van der Waals surface area contributed by atoms with Crippen LogP contribution in [0.15, 0.2) is 30.3 Å². The molecule has 0 radical (unpaired) electrons. The summed E-state index contributed by atoms with van der Waals surface area (Å²) in [6.07, 6.45) is 0. The van der Waals surface area contributed by atoms with Gasteiger partial charge in [0.15, 0.2) is 11.5 Å². The van der Waals surface area contributed by atoms with Crippen LogP contribution in [0.4, 0.5) is 5.69 Å². The summed E-state index contributed by atoms with van der Waals surface area (Å²) in [5.41, 5.74) is 1.48. The first-order chi connectivity index (χ1) is 13.0. The van der Waals surface area contributed by atoms with Gasteiger partial charge >= 0.3 is 0 Å². The number of halogens is 1. The van der Waals surface area contributed by atoms with Crippen molar-refractivity contribution in [3.05, 3.63) is 41.0 Å². The maximum atomic E-state index is 12.7. The van der Waals surface area contributed by atoms with Crippen LogP contribution < -0.4 is 24.3 Å². The van der Waals surface area contributed by atoms with E-state index in [9.17, 15) is 4.79 Å². The Balaban J connectivity index is 1.99. The molecule has 0 atom stereocenters. The standard InChI is InChI=1S/C19H19ClN2O5/c1-24-14-6-5-10(7-12(14)20)21-19(23)13-8-11-15(25-2)9-16(26-3)18(27-4)17(11)22-13/h5-9,22H,1-4H3,(H,21,23). The van der Waals surface area contributed by atoms with E-state index >= 15 is 0 Å². The van der Waals surface area contributed by atoms with Crippen LogP contribution >= 0.6 is 11.6 Å². The fraction of sp³-hybridized carbons (Fsp3) is 0.211. The smallest absolute Gasteiger partial charge is 0.272 e.